The van der Waals surface area contributed by atoms with Crippen molar-refractivity contribution in [3.8, 4) is 0 Å². The van der Waals surface area contributed by atoms with Crippen LogP contribution in [0, 0.1) is 17.5 Å². The van der Waals surface area contributed by atoms with Gasteiger partial charge in [0, 0.05) is 12.5 Å². The van der Waals surface area contributed by atoms with Crippen molar-refractivity contribution in [2.45, 2.75) is 25.8 Å². The zero-order valence-corrected chi connectivity index (χ0v) is 9.14. The molecule has 0 fully saturated rings. The van der Waals surface area contributed by atoms with Gasteiger partial charge >= 0.3 is 5.97 Å². The molecule has 0 radical (unpaired) electrons. The average Bonchev–Trinajstić information content (AvgIpc) is 2.27. The Labute approximate surface area is 96.3 Å². The molecule has 2 N–H and O–H groups in total. The zero-order valence-electron chi connectivity index (χ0n) is 9.14. The molecule has 0 aliphatic carbocycles. The van der Waals surface area contributed by atoms with Crippen molar-refractivity contribution < 1.29 is 23.1 Å². The zero-order chi connectivity index (χ0) is 13.0. The molecular formula is C11H12F3NO2. The first-order valence-corrected chi connectivity index (χ1v) is 5.03. The van der Waals surface area contributed by atoms with Gasteiger partial charge in [-0.3, -0.25) is 4.79 Å². The summed E-state index contributed by atoms with van der Waals surface area (Å²) in [5, 5.41) is 11.0. The SMILES string of the molecule is CC(CCC(=O)O)Nc1ccc(F)c(F)c1F. The highest BCUT2D eigenvalue weighted by atomic mass is 19.2. The number of benzene rings is 1. The lowest BCUT2D eigenvalue weighted by Crippen LogP contribution is -2.18. The lowest BCUT2D eigenvalue weighted by molar-refractivity contribution is -0.137. The molecule has 1 atom stereocenters. The lowest BCUT2D eigenvalue weighted by Gasteiger charge is -2.15. The quantitative estimate of drug-likeness (QED) is 0.786. The summed E-state index contributed by atoms with van der Waals surface area (Å²) in [6.07, 6.45) is 0.174. The van der Waals surface area contributed by atoms with Gasteiger partial charge < -0.3 is 10.4 Å². The van der Waals surface area contributed by atoms with Crippen molar-refractivity contribution in [3.05, 3.63) is 29.6 Å². The van der Waals surface area contributed by atoms with E-state index in [9.17, 15) is 18.0 Å². The number of carboxylic acids is 1. The normalized spacial score (nSPS) is 12.2. The molecule has 0 aliphatic rings. The van der Waals surface area contributed by atoms with E-state index >= 15 is 0 Å². The molecule has 0 saturated carbocycles. The Kier molecular flexibility index (Phi) is 4.37. The first-order valence-electron chi connectivity index (χ1n) is 5.03. The largest absolute Gasteiger partial charge is 0.481 e. The minimum Gasteiger partial charge on any atom is -0.481 e. The minimum absolute atomic E-state index is 0.0839. The van der Waals surface area contributed by atoms with Crippen molar-refractivity contribution in [1.82, 2.24) is 0 Å². The second-order valence-electron chi connectivity index (χ2n) is 3.70. The van der Waals surface area contributed by atoms with E-state index in [0.717, 1.165) is 12.1 Å². The number of nitrogens with one attached hydrogen (secondary N) is 1. The second kappa shape index (κ2) is 5.56. The number of halogens is 3. The Morgan fingerprint density at radius 3 is 2.59 bits per heavy atom. The fourth-order valence-electron chi connectivity index (χ4n) is 1.31. The van der Waals surface area contributed by atoms with Crippen molar-refractivity contribution >= 4 is 11.7 Å². The Balaban J connectivity index is 2.68. The van der Waals surface area contributed by atoms with Gasteiger partial charge in [-0.25, -0.2) is 13.2 Å². The molecule has 1 aromatic rings. The highest BCUT2D eigenvalue weighted by molar-refractivity contribution is 5.66. The Bertz CT molecular complexity index is 423. The molecule has 0 heterocycles. The van der Waals surface area contributed by atoms with Crippen LogP contribution in [-0.4, -0.2) is 17.1 Å². The topological polar surface area (TPSA) is 49.3 Å². The van der Waals surface area contributed by atoms with Crippen molar-refractivity contribution in [1.29, 1.82) is 0 Å². The third kappa shape index (κ3) is 3.65. The van der Waals surface area contributed by atoms with Crippen LogP contribution < -0.4 is 5.32 Å². The summed E-state index contributed by atoms with van der Waals surface area (Å²) in [6.45, 7) is 1.63. The van der Waals surface area contributed by atoms with Crippen molar-refractivity contribution in [2.75, 3.05) is 5.32 Å². The third-order valence-electron chi connectivity index (χ3n) is 2.23. The van der Waals surface area contributed by atoms with Crippen LogP contribution in [0.3, 0.4) is 0 Å². The Hall–Kier alpha value is -1.72. The van der Waals surface area contributed by atoms with Gasteiger partial charge in [0.25, 0.3) is 0 Å². The highest BCUT2D eigenvalue weighted by Crippen LogP contribution is 2.20. The highest BCUT2D eigenvalue weighted by Gasteiger charge is 2.15. The summed E-state index contributed by atoms with van der Waals surface area (Å²) in [6, 6.07) is 1.53. The molecule has 0 spiro atoms. The van der Waals surface area contributed by atoms with Crippen LogP contribution in [0.5, 0.6) is 0 Å². The average molecular weight is 247 g/mol. The van der Waals surface area contributed by atoms with E-state index in [4.69, 9.17) is 5.11 Å². The molecule has 1 unspecified atom stereocenters. The maximum atomic E-state index is 13.2. The maximum Gasteiger partial charge on any atom is 0.303 e. The molecule has 0 aromatic heterocycles. The first kappa shape index (κ1) is 13.3. The van der Waals surface area contributed by atoms with Crippen LogP contribution in [0.1, 0.15) is 19.8 Å². The van der Waals surface area contributed by atoms with Crippen molar-refractivity contribution in [2.24, 2.45) is 0 Å². The van der Waals surface area contributed by atoms with Crippen LogP contribution >= 0.6 is 0 Å². The molecule has 0 amide bonds. The molecule has 6 heteroatoms. The predicted octanol–water partition coefficient (Wildman–Crippen LogP) is 2.77. The van der Waals surface area contributed by atoms with Crippen LogP contribution in [0.25, 0.3) is 0 Å². The number of carbonyl (C=O) groups is 1. The molecule has 1 rings (SSSR count). The summed E-state index contributed by atoms with van der Waals surface area (Å²) in [5.41, 5.74) is -0.179. The summed E-state index contributed by atoms with van der Waals surface area (Å²) in [7, 11) is 0. The fraction of sp³-hybridized carbons (Fsp3) is 0.364. The van der Waals surface area contributed by atoms with E-state index in [2.05, 4.69) is 5.32 Å². The Morgan fingerprint density at radius 1 is 1.35 bits per heavy atom. The summed E-state index contributed by atoms with van der Waals surface area (Å²) >= 11 is 0. The summed E-state index contributed by atoms with van der Waals surface area (Å²) < 4.78 is 38.7. The van der Waals surface area contributed by atoms with Crippen LogP contribution in [-0.2, 0) is 4.79 Å². The second-order valence-corrected chi connectivity index (χ2v) is 3.70. The molecular weight excluding hydrogens is 235 g/mol. The van der Waals surface area contributed by atoms with E-state index < -0.39 is 23.4 Å². The van der Waals surface area contributed by atoms with Gasteiger partial charge in [0.2, 0.25) is 0 Å². The van der Waals surface area contributed by atoms with E-state index in [1.54, 1.807) is 6.92 Å². The molecule has 17 heavy (non-hydrogen) atoms. The number of carboxylic acid groups (broad SMARTS) is 1. The number of aliphatic carboxylic acids is 1. The summed E-state index contributed by atoms with van der Waals surface area (Å²) in [4.78, 5) is 10.3. The van der Waals surface area contributed by atoms with Crippen LogP contribution in [0.2, 0.25) is 0 Å². The minimum atomic E-state index is -1.54. The number of anilines is 1. The molecule has 0 bridgehead atoms. The Morgan fingerprint density at radius 2 is 2.00 bits per heavy atom. The summed E-state index contributed by atoms with van der Waals surface area (Å²) in [5.74, 6) is -5.07. The van der Waals surface area contributed by atoms with Gasteiger partial charge in [0.05, 0.1) is 5.69 Å². The molecule has 94 valence electrons. The van der Waals surface area contributed by atoms with Gasteiger partial charge in [0.1, 0.15) is 0 Å². The maximum absolute atomic E-state index is 13.2. The monoisotopic (exact) mass is 247 g/mol. The van der Waals surface area contributed by atoms with Gasteiger partial charge in [-0.05, 0) is 25.5 Å². The van der Waals surface area contributed by atoms with Gasteiger partial charge in [-0.2, -0.15) is 0 Å². The number of hydrogen-bond acceptors (Lipinski definition) is 2. The van der Waals surface area contributed by atoms with Gasteiger partial charge in [0.15, 0.2) is 17.5 Å². The van der Waals surface area contributed by atoms with Crippen molar-refractivity contribution in [3.63, 3.8) is 0 Å². The van der Waals surface area contributed by atoms with Gasteiger partial charge in [-0.15, -0.1) is 0 Å². The van der Waals surface area contributed by atoms with Gasteiger partial charge in [-0.1, -0.05) is 0 Å². The van der Waals surface area contributed by atoms with Crippen LogP contribution in [0.15, 0.2) is 12.1 Å². The third-order valence-corrected chi connectivity index (χ3v) is 2.23. The fourth-order valence-corrected chi connectivity index (χ4v) is 1.31. The number of hydrogen-bond donors (Lipinski definition) is 2. The molecule has 1 aromatic carbocycles. The number of rotatable bonds is 5. The lowest BCUT2D eigenvalue weighted by atomic mass is 10.1. The predicted molar refractivity (Wildman–Crippen MR) is 56.3 cm³/mol. The van der Waals surface area contributed by atoms with E-state index in [0.29, 0.717) is 0 Å². The molecule has 3 nitrogen and oxygen atoms in total. The first-order chi connectivity index (χ1) is 7.91. The van der Waals surface area contributed by atoms with E-state index in [1.165, 1.54) is 0 Å². The smallest absolute Gasteiger partial charge is 0.303 e. The van der Waals surface area contributed by atoms with E-state index in [-0.39, 0.29) is 24.6 Å². The van der Waals surface area contributed by atoms with E-state index in [1.807, 2.05) is 0 Å². The molecule has 0 aliphatic heterocycles. The standard InChI is InChI=1S/C11H12F3NO2/c1-6(2-5-9(16)17)15-8-4-3-7(12)10(13)11(8)14/h3-4,6,15H,2,5H2,1H3,(H,16,17). The van der Waals surface area contributed by atoms with Crippen LogP contribution in [0.4, 0.5) is 18.9 Å². The molecule has 0 saturated heterocycles.